The first kappa shape index (κ1) is 18.1. The van der Waals surface area contributed by atoms with Crippen molar-refractivity contribution in [3.63, 3.8) is 0 Å². The van der Waals surface area contributed by atoms with E-state index in [-0.39, 0.29) is 5.82 Å². The molecule has 148 valence electrons. The highest BCUT2D eigenvalue weighted by molar-refractivity contribution is 5.83. The Labute approximate surface area is 172 Å². The summed E-state index contributed by atoms with van der Waals surface area (Å²) in [4.78, 5) is 9.52. The predicted octanol–water partition coefficient (Wildman–Crippen LogP) is 4.87. The number of halogens is 1. The Hall–Kier alpha value is -4.00. The number of aromatic nitrogens is 5. The van der Waals surface area contributed by atoms with Crippen molar-refractivity contribution in [1.82, 2.24) is 24.7 Å². The van der Waals surface area contributed by atoms with Crippen LogP contribution < -0.4 is 5.32 Å². The summed E-state index contributed by atoms with van der Waals surface area (Å²) in [5, 5.41) is 11.4. The van der Waals surface area contributed by atoms with Crippen molar-refractivity contribution < 1.29 is 4.39 Å². The van der Waals surface area contributed by atoms with E-state index in [0.717, 1.165) is 45.2 Å². The molecule has 7 heteroatoms. The number of anilines is 1. The van der Waals surface area contributed by atoms with Crippen LogP contribution in [0.2, 0.25) is 0 Å². The molecular formula is C23H19FN6. The van der Waals surface area contributed by atoms with Crippen molar-refractivity contribution in [2.24, 2.45) is 0 Å². The minimum atomic E-state index is -0.261. The van der Waals surface area contributed by atoms with Crippen molar-refractivity contribution in [2.45, 2.75) is 13.5 Å². The van der Waals surface area contributed by atoms with Crippen LogP contribution in [-0.2, 0) is 6.54 Å². The monoisotopic (exact) mass is 398 g/mol. The molecule has 0 amide bonds. The third-order valence-corrected chi connectivity index (χ3v) is 4.93. The lowest BCUT2D eigenvalue weighted by atomic mass is 10.1. The largest absolute Gasteiger partial charge is 0.378 e. The molecule has 0 aliphatic heterocycles. The lowest BCUT2D eigenvalue weighted by molar-refractivity contribution is 0.628. The Morgan fingerprint density at radius 3 is 2.73 bits per heavy atom. The first-order chi connectivity index (χ1) is 14.7. The van der Waals surface area contributed by atoms with E-state index in [0.29, 0.717) is 6.54 Å². The van der Waals surface area contributed by atoms with Crippen LogP contribution in [0.3, 0.4) is 0 Å². The summed E-state index contributed by atoms with van der Waals surface area (Å²) < 4.78 is 15.2. The van der Waals surface area contributed by atoms with Gasteiger partial charge in [0.1, 0.15) is 17.5 Å². The Kier molecular flexibility index (Phi) is 4.48. The van der Waals surface area contributed by atoms with E-state index in [1.165, 1.54) is 12.1 Å². The molecule has 0 aliphatic carbocycles. The van der Waals surface area contributed by atoms with Crippen LogP contribution in [0, 0.1) is 12.7 Å². The quantitative estimate of drug-likeness (QED) is 0.443. The number of nitrogens with one attached hydrogen (secondary N) is 2. The molecule has 5 rings (SSSR count). The molecule has 5 aromatic rings. The summed E-state index contributed by atoms with van der Waals surface area (Å²) in [6.45, 7) is 2.43. The first-order valence-electron chi connectivity index (χ1n) is 9.61. The predicted molar refractivity (Wildman–Crippen MR) is 115 cm³/mol. The third kappa shape index (κ3) is 3.53. The number of benzene rings is 2. The van der Waals surface area contributed by atoms with Crippen LogP contribution in [-0.4, -0.2) is 24.7 Å². The van der Waals surface area contributed by atoms with Gasteiger partial charge in [0.05, 0.1) is 24.0 Å². The highest BCUT2D eigenvalue weighted by Crippen LogP contribution is 2.25. The highest BCUT2D eigenvalue weighted by Gasteiger charge is 2.13. The standard InChI is InChI=1S/C23H19FN6/c1-15-3-2-4-22(27-15)30-14-21(16-5-10-20-17(11-16)12-26-29-20)28-23(30)13-25-19-8-6-18(24)7-9-19/h2-12,14,25H,13H2,1H3,(H,26,29). The number of hydrogen-bond donors (Lipinski definition) is 2. The molecule has 2 N–H and O–H groups in total. The Morgan fingerprint density at radius 2 is 1.90 bits per heavy atom. The molecule has 30 heavy (non-hydrogen) atoms. The van der Waals surface area contributed by atoms with Gasteiger partial charge in [-0.3, -0.25) is 9.67 Å². The lowest BCUT2D eigenvalue weighted by Crippen LogP contribution is -2.08. The van der Waals surface area contributed by atoms with Crippen LogP contribution in [0.25, 0.3) is 28.0 Å². The molecule has 0 saturated carbocycles. The Bertz CT molecular complexity index is 1320. The average molecular weight is 398 g/mol. The van der Waals surface area contributed by atoms with Crippen molar-refractivity contribution in [3.8, 4) is 17.1 Å². The average Bonchev–Trinajstić information content (AvgIpc) is 3.40. The molecule has 0 fully saturated rings. The number of aromatic amines is 1. The summed E-state index contributed by atoms with van der Waals surface area (Å²) in [5.74, 6) is 1.34. The van der Waals surface area contributed by atoms with Crippen LogP contribution in [0.15, 0.2) is 73.1 Å². The normalized spacial score (nSPS) is 11.1. The van der Waals surface area contributed by atoms with E-state index in [1.807, 2.05) is 48.0 Å². The number of imidazole rings is 1. The zero-order valence-corrected chi connectivity index (χ0v) is 16.3. The van der Waals surface area contributed by atoms with E-state index in [1.54, 1.807) is 18.3 Å². The van der Waals surface area contributed by atoms with E-state index in [4.69, 9.17) is 4.98 Å². The van der Waals surface area contributed by atoms with Gasteiger partial charge in [0, 0.05) is 28.5 Å². The molecule has 2 aromatic carbocycles. The topological polar surface area (TPSA) is 71.4 Å². The lowest BCUT2D eigenvalue weighted by Gasteiger charge is -2.09. The maximum atomic E-state index is 13.2. The number of aryl methyl sites for hydroxylation is 1. The molecule has 6 nitrogen and oxygen atoms in total. The Morgan fingerprint density at radius 1 is 1.03 bits per heavy atom. The van der Waals surface area contributed by atoms with E-state index in [2.05, 4.69) is 26.6 Å². The van der Waals surface area contributed by atoms with Gasteiger partial charge in [-0.15, -0.1) is 0 Å². The number of H-pyrrole nitrogens is 1. The molecule has 0 saturated heterocycles. The second kappa shape index (κ2) is 7.44. The number of fused-ring (bicyclic) bond motifs is 1. The highest BCUT2D eigenvalue weighted by atomic mass is 19.1. The van der Waals surface area contributed by atoms with Gasteiger partial charge >= 0.3 is 0 Å². The Balaban J connectivity index is 1.53. The fourth-order valence-corrected chi connectivity index (χ4v) is 3.39. The fraction of sp³-hybridized carbons (Fsp3) is 0.0870. The number of nitrogens with zero attached hydrogens (tertiary/aromatic N) is 4. The maximum Gasteiger partial charge on any atom is 0.138 e. The molecule has 0 radical (unpaired) electrons. The van der Waals surface area contributed by atoms with E-state index < -0.39 is 0 Å². The fourth-order valence-electron chi connectivity index (χ4n) is 3.39. The van der Waals surface area contributed by atoms with Gasteiger partial charge in [0.25, 0.3) is 0 Å². The minimum Gasteiger partial charge on any atom is -0.378 e. The first-order valence-corrected chi connectivity index (χ1v) is 9.61. The second-order valence-corrected chi connectivity index (χ2v) is 7.08. The molecule has 0 atom stereocenters. The summed E-state index contributed by atoms with van der Waals surface area (Å²) in [6, 6.07) is 18.3. The molecule has 3 aromatic heterocycles. The number of hydrogen-bond acceptors (Lipinski definition) is 4. The summed E-state index contributed by atoms with van der Waals surface area (Å²) in [7, 11) is 0. The van der Waals surface area contributed by atoms with Crippen LogP contribution in [0.4, 0.5) is 10.1 Å². The van der Waals surface area contributed by atoms with Gasteiger partial charge in [-0.25, -0.2) is 14.4 Å². The van der Waals surface area contributed by atoms with Gasteiger partial charge in [-0.2, -0.15) is 5.10 Å². The summed E-state index contributed by atoms with van der Waals surface area (Å²) in [6.07, 6.45) is 3.79. The van der Waals surface area contributed by atoms with Gasteiger partial charge < -0.3 is 5.32 Å². The molecule has 3 heterocycles. The zero-order valence-electron chi connectivity index (χ0n) is 16.3. The maximum absolute atomic E-state index is 13.2. The molecule has 0 aliphatic rings. The van der Waals surface area contributed by atoms with Gasteiger partial charge in [0.2, 0.25) is 0 Å². The molecular weight excluding hydrogens is 379 g/mol. The van der Waals surface area contributed by atoms with E-state index in [9.17, 15) is 4.39 Å². The third-order valence-electron chi connectivity index (χ3n) is 4.93. The van der Waals surface area contributed by atoms with Gasteiger partial charge in [0.15, 0.2) is 0 Å². The molecule has 0 spiro atoms. The van der Waals surface area contributed by atoms with Crippen LogP contribution >= 0.6 is 0 Å². The smallest absolute Gasteiger partial charge is 0.138 e. The zero-order chi connectivity index (χ0) is 20.5. The molecule has 0 bridgehead atoms. The minimum absolute atomic E-state index is 0.261. The second-order valence-electron chi connectivity index (χ2n) is 7.08. The van der Waals surface area contributed by atoms with Gasteiger partial charge in [-0.1, -0.05) is 12.1 Å². The van der Waals surface area contributed by atoms with Crippen molar-refractivity contribution >= 4 is 16.6 Å². The summed E-state index contributed by atoms with van der Waals surface area (Å²) in [5.41, 5.74) is 4.58. The van der Waals surface area contributed by atoms with Crippen LogP contribution in [0.5, 0.6) is 0 Å². The van der Waals surface area contributed by atoms with Gasteiger partial charge in [-0.05, 0) is 55.5 Å². The SMILES string of the molecule is Cc1cccc(-n2cc(-c3ccc4[nH]ncc4c3)nc2CNc2ccc(F)cc2)n1. The van der Waals surface area contributed by atoms with Crippen LogP contribution in [0.1, 0.15) is 11.5 Å². The van der Waals surface area contributed by atoms with Crippen molar-refractivity contribution in [3.05, 3.63) is 90.4 Å². The van der Waals surface area contributed by atoms with Crippen molar-refractivity contribution in [2.75, 3.05) is 5.32 Å². The number of pyridine rings is 1. The van der Waals surface area contributed by atoms with E-state index >= 15 is 0 Å². The summed E-state index contributed by atoms with van der Waals surface area (Å²) >= 11 is 0. The molecule has 0 unspecified atom stereocenters. The number of rotatable bonds is 5. The van der Waals surface area contributed by atoms with Crippen molar-refractivity contribution in [1.29, 1.82) is 0 Å².